The van der Waals surface area contributed by atoms with Crippen LogP contribution in [-0.2, 0) is 4.79 Å². The van der Waals surface area contributed by atoms with Crippen LogP contribution in [0.5, 0.6) is 5.75 Å². The Morgan fingerprint density at radius 2 is 1.91 bits per heavy atom. The minimum Gasteiger partial charge on any atom is -0.507 e. The van der Waals surface area contributed by atoms with Gasteiger partial charge >= 0.3 is 0 Å². The maximum Gasteiger partial charge on any atom is 0.243 e. The summed E-state index contributed by atoms with van der Waals surface area (Å²) in [6.45, 7) is 4.84. The number of likely N-dealkylation sites (N-methyl/N-ethyl adjacent to an activating group) is 1. The van der Waals surface area contributed by atoms with Crippen molar-refractivity contribution in [2.45, 2.75) is 58.4 Å². The van der Waals surface area contributed by atoms with E-state index in [1.807, 2.05) is 6.07 Å². The molecule has 2 aromatic rings. The molecule has 176 valence electrons. The molecule has 2 aliphatic rings. The first-order valence-electron chi connectivity index (χ1n) is 11.6. The summed E-state index contributed by atoms with van der Waals surface area (Å²) in [7, 11) is 3.57. The lowest BCUT2D eigenvalue weighted by Crippen LogP contribution is -2.49. The van der Waals surface area contributed by atoms with Gasteiger partial charge in [0, 0.05) is 37.3 Å². The number of phenolic OH excluding ortho intramolecular Hbond substituents is 1. The number of amides is 1. The second kappa shape index (κ2) is 8.76. The summed E-state index contributed by atoms with van der Waals surface area (Å²) in [4.78, 5) is 13.6. The Morgan fingerprint density at radius 1 is 1.21 bits per heavy atom. The number of aromatic hydroxyl groups is 1. The lowest BCUT2D eigenvalue weighted by molar-refractivity contribution is -0.115. The summed E-state index contributed by atoms with van der Waals surface area (Å²) in [6, 6.07) is 6.56. The number of phenols is 1. The Morgan fingerprint density at radius 3 is 2.52 bits per heavy atom. The molecule has 33 heavy (non-hydrogen) atoms. The molecule has 2 fully saturated rings. The molecule has 1 unspecified atom stereocenters. The van der Waals surface area contributed by atoms with Gasteiger partial charge < -0.3 is 15.3 Å². The van der Waals surface area contributed by atoms with Crippen LogP contribution in [0.1, 0.15) is 57.9 Å². The van der Waals surface area contributed by atoms with Gasteiger partial charge in [-0.1, -0.05) is 20.3 Å². The standard InChI is InChI=1S/C26H33FN4O2/c1-25-10-5-11-26(2,16-25)15-18(14-25)31(4)23-8-7-21(29-30-23)19-13-20(27)17(12-22(19)32)6-9-24(33)28-3/h6-9,12-13,18,32H,5,10-11,14-16H2,1-4H3,(H,28,33)/b9-6+/t18?,25-,26+. The molecule has 2 aliphatic carbocycles. The topological polar surface area (TPSA) is 78.4 Å². The maximum atomic E-state index is 14.6. The van der Waals surface area contributed by atoms with Crippen molar-refractivity contribution >= 4 is 17.8 Å². The van der Waals surface area contributed by atoms with Crippen molar-refractivity contribution in [3.8, 4) is 17.0 Å². The molecule has 0 radical (unpaired) electrons. The number of halogens is 1. The molecule has 2 N–H and O–H groups in total. The van der Waals surface area contributed by atoms with E-state index in [1.165, 1.54) is 57.0 Å². The van der Waals surface area contributed by atoms with Crippen LogP contribution in [0.25, 0.3) is 17.3 Å². The molecule has 7 heteroatoms. The predicted molar refractivity (Wildman–Crippen MR) is 128 cm³/mol. The summed E-state index contributed by atoms with van der Waals surface area (Å²) in [6.07, 6.45) is 10.0. The van der Waals surface area contributed by atoms with Gasteiger partial charge in [0.25, 0.3) is 0 Å². The van der Waals surface area contributed by atoms with E-state index in [0.717, 1.165) is 18.7 Å². The van der Waals surface area contributed by atoms with E-state index in [4.69, 9.17) is 0 Å². The summed E-state index contributed by atoms with van der Waals surface area (Å²) in [5.41, 5.74) is 1.54. The highest BCUT2D eigenvalue weighted by molar-refractivity contribution is 5.91. The van der Waals surface area contributed by atoms with Gasteiger partial charge in [-0.15, -0.1) is 10.2 Å². The van der Waals surface area contributed by atoms with E-state index in [-0.39, 0.29) is 22.8 Å². The molecule has 6 nitrogen and oxygen atoms in total. The summed E-state index contributed by atoms with van der Waals surface area (Å²) >= 11 is 0. The van der Waals surface area contributed by atoms with Crippen molar-refractivity contribution in [1.29, 1.82) is 0 Å². The molecule has 2 bridgehead atoms. The van der Waals surface area contributed by atoms with E-state index in [1.54, 1.807) is 6.07 Å². The van der Waals surface area contributed by atoms with Crippen LogP contribution in [0.2, 0.25) is 0 Å². The minimum absolute atomic E-state index is 0.119. The van der Waals surface area contributed by atoms with Gasteiger partial charge in [0.05, 0.1) is 5.69 Å². The van der Waals surface area contributed by atoms with Crippen LogP contribution in [-0.4, -0.2) is 41.3 Å². The summed E-state index contributed by atoms with van der Waals surface area (Å²) in [5.74, 6) is -0.250. The highest BCUT2D eigenvalue weighted by atomic mass is 19.1. The number of nitrogens with one attached hydrogen (secondary N) is 1. The van der Waals surface area contributed by atoms with E-state index in [0.29, 0.717) is 22.6 Å². The number of benzene rings is 1. The largest absolute Gasteiger partial charge is 0.507 e. The first-order chi connectivity index (χ1) is 15.6. The second-order valence-corrected chi connectivity index (χ2v) is 10.4. The SMILES string of the molecule is CNC(=O)/C=C/c1cc(O)c(-c2ccc(N(C)C3C[C@]4(C)CCC[C@](C)(C3)C4)nn2)cc1F. The van der Waals surface area contributed by atoms with Crippen molar-refractivity contribution in [3.05, 3.63) is 41.7 Å². The van der Waals surface area contributed by atoms with Crippen molar-refractivity contribution in [2.75, 3.05) is 19.0 Å². The number of hydrogen-bond acceptors (Lipinski definition) is 5. The number of carbonyl (C=O) groups excluding carboxylic acids is 1. The molecule has 1 aromatic carbocycles. The highest BCUT2D eigenvalue weighted by Crippen LogP contribution is 2.56. The average Bonchev–Trinajstić information content (AvgIpc) is 2.77. The van der Waals surface area contributed by atoms with Crippen molar-refractivity contribution < 1.29 is 14.3 Å². The van der Waals surface area contributed by atoms with Gasteiger partial charge in [-0.25, -0.2) is 4.39 Å². The highest BCUT2D eigenvalue weighted by Gasteiger charge is 2.47. The summed E-state index contributed by atoms with van der Waals surface area (Å²) in [5, 5.41) is 21.6. The third-order valence-electron chi connectivity index (χ3n) is 7.48. The Balaban J connectivity index is 1.53. The molecule has 3 atom stereocenters. The zero-order valence-electron chi connectivity index (χ0n) is 19.9. The fraction of sp³-hybridized carbons (Fsp3) is 0.500. The molecule has 0 spiro atoms. The number of carbonyl (C=O) groups is 1. The van der Waals surface area contributed by atoms with Crippen LogP contribution in [0, 0.1) is 16.6 Å². The van der Waals surface area contributed by atoms with Crippen LogP contribution >= 0.6 is 0 Å². The Kier molecular flexibility index (Phi) is 6.16. The zero-order chi connectivity index (χ0) is 23.8. The Labute approximate surface area is 194 Å². The monoisotopic (exact) mass is 452 g/mol. The molecule has 2 saturated carbocycles. The molecule has 1 aromatic heterocycles. The third kappa shape index (κ3) is 4.87. The number of hydrogen-bond donors (Lipinski definition) is 2. The number of aromatic nitrogens is 2. The van der Waals surface area contributed by atoms with Gasteiger partial charge in [-0.3, -0.25) is 4.79 Å². The van der Waals surface area contributed by atoms with Crippen LogP contribution < -0.4 is 10.2 Å². The predicted octanol–water partition coefficient (Wildman–Crippen LogP) is 4.93. The molecule has 1 amide bonds. The molecular formula is C26H33FN4O2. The van der Waals surface area contributed by atoms with E-state index in [9.17, 15) is 14.3 Å². The van der Waals surface area contributed by atoms with Crippen LogP contribution in [0.3, 0.4) is 0 Å². The molecule has 0 aliphatic heterocycles. The first-order valence-corrected chi connectivity index (χ1v) is 11.6. The third-order valence-corrected chi connectivity index (χ3v) is 7.48. The van der Waals surface area contributed by atoms with E-state index < -0.39 is 5.82 Å². The van der Waals surface area contributed by atoms with Crippen molar-refractivity contribution in [3.63, 3.8) is 0 Å². The second-order valence-electron chi connectivity index (χ2n) is 10.4. The zero-order valence-corrected chi connectivity index (χ0v) is 19.9. The van der Waals surface area contributed by atoms with Gasteiger partial charge in [-0.2, -0.15) is 0 Å². The van der Waals surface area contributed by atoms with E-state index in [2.05, 4.69) is 41.3 Å². The molecule has 0 saturated heterocycles. The number of fused-ring (bicyclic) bond motifs is 2. The lowest BCUT2D eigenvalue weighted by atomic mass is 9.55. The average molecular weight is 453 g/mol. The minimum atomic E-state index is -0.554. The van der Waals surface area contributed by atoms with Crippen molar-refractivity contribution in [2.24, 2.45) is 10.8 Å². The molecular weight excluding hydrogens is 419 g/mol. The quantitative estimate of drug-likeness (QED) is 0.629. The van der Waals surface area contributed by atoms with Gasteiger partial charge in [0.1, 0.15) is 11.6 Å². The fourth-order valence-electron chi connectivity index (χ4n) is 5.98. The number of nitrogens with zero attached hydrogens (tertiary/aromatic N) is 3. The maximum absolute atomic E-state index is 14.6. The molecule has 4 rings (SSSR count). The smallest absolute Gasteiger partial charge is 0.243 e. The van der Waals surface area contributed by atoms with Gasteiger partial charge in [0.2, 0.25) is 5.91 Å². The van der Waals surface area contributed by atoms with Crippen LogP contribution in [0.4, 0.5) is 10.2 Å². The fourth-order valence-corrected chi connectivity index (χ4v) is 5.98. The molecule has 1 heterocycles. The summed E-state index contributed by atoms with van der Waals surface area (Å²) < 4.78 is 14.6. The van der Waals surface area contributed by atoms with Crippen molar-refractivity contribution in [1.82, 2.24) is 15.5 Å². The van der Waals surface area contributed by atoms with Gasteiger partial charge in [-0.05, 0) is 73.3 Å². The number of anilines is 1. The number of rotatable bonds is 5. The normalized spacial score (nSPS) is 26.9. The van der Waals surface area contributed by atoms with Gasteiger partial charge in [0.15, 0.2) is 5.82 Å². The Bertz CT molecular complexity index is 1050. The first kappa shape index (κ1) is 23.2. The van der Waals surface area contributed by atoms with Crippen LogP contribution in [0.15, 0.2) is 30.3 Å². The Hall–Kier alpha value is -2.96. The van der Waals surface area contributed by atoms with E-state index >= 15 is 0 Å². The lowest BCUT2D eigenvalue weighted by Gasteiger charge is -2.54.